The molecule has 0 spiro atoms. The summed E-state index contributed by atoms with van der Waals surface area (Å²) in [5.41, 5.74) is 7.56. The van der Waals surface area contributed by atoms with Crippen molar-refractivity contribution >= 4 is 0 Å². The monoisotopic (exact) mass is 306 g/mol. The topological polar surface area (TPSA) is 0 Å². The van der Waals surface area contributed by atoms with E-state index in [0.29, 0.717) is 0 Å². The highest BCUT2D eigenvalue weighted by atomic mass is 14.1. The largest absolute Gasteiger partial charge is 0.0622 e. The van der Waals surface area contributed by atoms with Gasteiger partial charge in [-0.15, -0.1) is 0 Å². The Morgan fingerprint density at radius 3 is 0.917 bits per heavy atom. The smallest absolute Gasteiger partial charge is 0.00992 e. The van der Waals surface area contributed by atoms with Crippen molar-refractivity contribution in [3.8, 4) is 33.4 Å². The highest BCUT2D eigenvalue weighted by Crippen LogP contribution is 2.37. The molecule has 114 valence electrons. The van der Waals surface area contributed by atoms with E-state index in [2.05, 4.69) is 109 Å². The van der Waals surface area contributed by atoms with E-state index in [1.165, 1.54) is 33.4 Å². The van der Waals surface area contributed by atoms with Crippen LogP contribution in [0.1, 0.15) is 0 Å². The van der Waals surface area contributed by atoms with Crippen LogP contribution in [0.4, 0.5) is 0 Å². The Morgan fingerprint density at radius 1 is 0.250 bits per heavy atom. The molecular formula is C24H18. The molecule has 0 unspecified atom stereocenters. The fourth-order valence-corrected chi connectivity index (χ4v) is 3.17. The minimum Gasteiger partial charge on any atom is -0.0622 e. The van der Waals surface area contributed by atoms with E-state index in [9.17, 15) is 0 Å². The van der Waals surface area contributed by atoms with Gasteiger partial charge in [0.15, 0.2) is 0 Å². The molecule has 0 amide bonds. The highest BCUT2D eigenvalue weighted by Gasteiger charge is 2.11. The summed E-state index contributed by atoms with van der Waals surface area (Å²) in [7, 11) is 0. The summed E-state index contributed by atoms with van der Waals surface area (Å²) in [5, 5.41) is 0. The zero-order valence-corrected chi connectivity index (χ0v) is 13.4. The molecule has 0 heterocycles. The number of benzene rings is 4. The minimum absolute atomic E-state index is 1.25. The zero-order valence-electron chi connectivity index (χ0n) is 13.4. The maximum Gasteiger partial charge on any atom is -0.00992 e. The first kappa shape index (κ1) is 14.5. The van der Waals surface area contributed by atoms with Gasteiger partial charge in [0.25, 0.3) is 0 Å². The molecule has 0 aromatic heterocycles. The Balaban J connectivity index is 1.93. The van der Waals surface area contributed by atoms with Crippen LogP contribution in [-0.2, 0) is 0 Å². The van der Waals surface area contributed by atoms with Gasteiger partial charge in [0.05, 0.1) is 0 Å². The third-order valence-electron chi connectivity index (χ3n) is 4.31. The van der Waals surface area contributed by atoms with E-state index in [1.807, 2.05) is 0 Å². The van der Waals surface area contributed by atoms with Crippen LogP contribution in [0.15, 0.2) is 109 Å². The summed E-state index contributed by atoms with van der Waals surface area (Å²) >= 11 is 0. The normalized spacial score (nSPS) is 10.5. The molecule has 0 heteroatoms. The summed E-state index contributed by atoms with van der Waals surface area (Å²) in [5.74, 6) is 0. The average molecular weight is 306 g/mol. The van der Waals surface area contributed by atoms with Crippen molar-refractivity contribution in [1.82, 2.24) is 0 Å². The Kier molecular flexibility index (Phi) is 3.95. The van der Waals surface area contributed by atoms with Crippen LogP contribution in [0.5, 0.6) is 0 Å². The van der Waals surface area contributed by atoms with E-state index in [1.54, 1.807) is 0 Å². The second-order valence-corrected chi connectivity index (χ2v) is 5.82. The van der Waals surface area contributed by atoms with Gasteiger partial charge in [0.2, 0.25) is 0 Å². The minimum atomic E-state index is 1.25. The maximum absolute atomic E-state index is 2.21. The fourth-order valence-electron chi connectivity index (χ4n) is 3.17. The van der Waals surface area contributed by atoms with Crippen molar-refractivity contribution in [3.63, 3.8) is 0 Å². The molecule has 0 saturated carbocycles. The molecule has 0 fully saturated rings. The molecule has 24 heavy (non-hydrogen) atoms. The molecule has 0 N–H and O–H groups in total. The van der Waals surface area contributed by atoms with Gasteiger partial charge < -0.3 is 0 Å². The Bertz CT molecular complexity index is 857. The number of hydrogen-bond acceptors (Lipinski definition) is 0. The van der Waals surface area contributed by atoms with E-state index in [0.717, 1.165) is 0 Å². The van der Waals surface area contributed by atoms with Crippen molar-refractivity contribution < 1.29 is 0 Å². The summed E-state index contributed by atoms with van der Waals surface area (Å²) in [6.45, 7) is 0. The number of hydrogen-bond donors (Lipinski definition) is 0. The second kappa shape index (κ2) is 6.55. The molecule has 0 atom stereocenters. The van der Waals surface area contributed by atoms with Gasteiger partial charge in [-0.25, -0.2) is 0 Å². The fraction of sp³-hybridized carbons (Fsp3) is 0. The molecule has 4 aromatic carbocycles. The van der Waals surface area contributed by atoms with Gasteiger partial charge in [-0.05, 0) is 33.4 Å². The van der Waals surface area contributed by atoms with Crippen LogP contribution < -0.4 is 0 Å². The van der Waals surface area contributed by atoms with Crippen LogP contribution in [-0.4, -0.2) is 0 Å². The molecule has 0 aliphatic rings. The Hall–Kier alpha value is -3.12. The van der Waals surface area contributed by atoms with Crippen molar-refractivity contribution in [2.24, 2.45) is 0 Å². The Labute approximate surface area is 143 Å². The van der Waals surface area contributed by atoms with Gasteiger partial charge in [-0.1, -0.05) is 109 Å². The SMILES string of the molecule is c1ccc(-c2ccccc2-c2ccccc2-c2ccccc2)cc1. The second-order valence-electron chi connectivity index (χ2n) is 5.82. The quantitative estimate of drug-likeness (QED) is 0.395. The summed E-state index contributed by atoms with van der Waals surface area (Å²) in [6.07, 6.45) is 0. The van der Waals surface area contributed by atoms with E-state index < -0.39 is 0 Å². The van der Waals surface area contributed by atoms with Gasteiger partial charge >= 0.3 is 0 Å². The third kappa shape index (κ3) is 2.75. The molecule has 4 rings (SSSR count). The maximum atomic E-state index is 2.21. The van der Waals surface area contributed by atoms with Crippen molar-refractivity contribution in [2.45, 2.75) is 0 Å². The summed E-state index contributed by atoms with van der Waals surface area (Å²) in [4.78, 5) is 0. The lowest BCUT2D eigenvalue weighted by molar-refractivity contribution is 1.56. The van der Waals surface area contributed by atoms with Crippen LogP contribution >= 0.6 is 0 Å². The average Bonchev–Trinajstić information content (AvgIpc) is 2.69. The lowest BCUT2D eigenvalue weighted by atomic mass is 9.89. The third-order valence-corrected chi connectivity index (χ3v) is 4.31. The highest BCUT2D eigenvalue weighted by molar-refractivity contribution is 5.91. The zero-order chi connectivity index (χ0) is 16.2. The summed E-state index contributed by atoms with van der Waals surface area (Å²) < 4.78 is 0. The predicted molar refractivity (Wildman–Crippen MR) is 103 cm³/mol. The van der Waals surface area contributed by atoms with Crippen LogP contribution in [0, 0.1) is 0 Å². The van der Waals surface area contributed by atoms with E-state index >= 15 is 0 Å². The molecule has 0 aliphatic carbocycles. The van der Waals surface area contributed by atoms with Gasteiger partial charge in [0.1, 0.15) is 0 Å². The van der Waals surface area contributed by atoms with Crippen molar-refractivity contribution in [1.29, 1.82) is 0 Å². The lowest BCUT2D eigenvalue weighted by Gasteiger charge is -2.14. The van der Waals surface area contributed by atoms with E-state index in [4.69, 9.17) is 0 Å². The van der Waals surface area contributed by atoms with Gasteiger partial charge in [-0.3, -0.25) is 0 Å². The van der Waals surface area contributed by atoms with Gasteiger partial charge in [0, 0.05) is 0 Å². The standard InChI is InChI=1S/C24H18/c1-3-11-19(12-4-1)21-15-7-9-17-23(21)24-18-10-8-16-22(24)20-13-5-2-6-14-20/h1-18H. The van der Waals surface area contributed by atoms with E-state index in [-0.39, 0.29) is 0 Å². The predicted octanol–water partition coefficient (Wildman–Crippen LogP) is 6.69. The van der Waals surface area contributed by atoms with Crippen molar-refractivity contribution in [3.05, 3.63) is 109 Å². The molecule has 4 aromatic rings. The molecular weight excluding hydrogens is 288 g/mol. The lowest BCUT2D eigenvalue weighted by Crippen LogP contribution is -1.88. The molecule has 0 radical (unpaired) electrons. The first-order chi connectivity index (χ1) is 11.9. The van der Waals surface area contributed by atoms with Crippen molar-refractivity contribution in [2.75, 3.05) is 0 Å². The first-order valence-corrected chi connectivity index (χ1v) is 8.23. The molecule has 0 aliphatic heterocycles. The Morgan fingerprint density at radius 2 is 0.542 bits per heavy atom. The molecule has 0 nitrogen and oxygen atoms in total. The first-order valence-electron chi connectivity index (χ1n) is 8.23. The van der Waals surface area contributed by atoms with Crippen LogP contribution in [0.3, 0.4) is 0 Å². The van der Waals surface area contributed by atoms with Crippen LogP contribution in [0.25, 0.3) is 33.4 Å². The van der Waals surface area contributed by atoms with Crippen LogP contribution in [0.2, 0.25) is 0 Å². The molecule has 0 bridgehead atoms. The molecule has 0 saturated heterocycles. The van der Waals surface area contributed by atoms with Gasteiger partial charge in [-0.2, -0.15) is 0 Å². The number of rotatable bonds is 3. The summed E-state index contributed by atoms with van der Waals surface area (Å²) in [6, 6.07) is 38.4.